The smallest absolute Gasteiger partial charge is 0.178 e. The molecule has 0 N–H and O–H groups in total. The first kappa shape index (κ1) is 10.3. The Hall–Kier alpha value is -0.740. The van der Waals surface area contributed by atoms with Crippen molar-refractivity contribution >= 4 is 17.1 Å². The second-order valence-corrected chi connectivity index (χ2v) is 4.18. The Morgan fingerprint density at radius 3 is 2.77 bits per heavy atom. The van der Waals surface area contributed by atoms with Crippen LogP contribution in [0.15, 0.2) is 5.38 Å². The van der Waals surface area contributed by atoms with Crippen molar-refractivity contribution in [3.63, 3.8) is 0 Å². The van der Waals surface area contributed by atoms with Crippen LogP contribution in [0.25, 0.3) is 0 Å². The molecule has 0 radical (unpaired) electrons. The van der Waals surface area contributed by atoms with Crippen LogP contribution in [0.3, 0.4) is 0 Å². The first-order valence-electron chi connectivity index (χ1n) is 4.19. The van der Waals surface area contributed by atoms with Crippen LogP contribution in [-0.2, 0) is 6.42 Å². The predicted molar refractivity (Wildman–Crippen MR) is 54.4 cm³/mol. The lowest BCUT2D eigenvalue weighted by atomic mass is 10.3. The fourth-order valence-electron chi connectivity index (χ4n) is 0.907. The largest absolute Gasteiger partial charge is 0.309 e. The first-order chi connectivity index (χ1) is 6.09. The molecule has 3 nitrogen and oxygen atoms in total. The van der Waals surface area contributed by atoms with E-state index in [1.165, 1.54) is 0 Å². The molecule has 1 aromatic rings. The number of carbonyl (C=O) groups excluding carboxylic acids is 1. The molecule has 0 aromatic carbocycles. The highest BCUT2D eigenvalue weighted by molar-refractivity contribution is 7.09. The predicted octanol–water partition coefficient (Wildman–Crippen LogP) is 1.45. The molecule has 0 amide bonds. The van der Waals surface area contributed by atoms with Gasteiger partial charge in [0.1, 0.15) is 5.69 Å². The molecular formula is C9H14N2OS. The zero-order valence-corrected chi connectivity index (χ0v) is 9.02. The van der Waals surface area contributed by atoms with E-state index in [0.717, 1.165) is 18.0 Å². The van der Waals surface area contributed by atoms with E-state index < -0.39 is 0 Å². The van der Waals surface area contributed by atoms with E-state index in [2.05, 4.69) is 9.88 Å². The second kappa shape index (κ2) is 4.48. The number of rotatable bonds is 4. The Bertz CT molecular complexity index is 294. The third-order valence-electron chi connectivity index (χ3n) is 1.69. The minimum atomic E-state index is 0.0485. The Morgan fingerprint density at radius 1 is 1.62 bits per heavy atom. The topological polar surface area (TPSA) is 33.2 Å². The molecule has 1 rings (SSSR count). The molecular weight excluding hydrogens is 184 g/mol. The molecule has 0 aliphatic rings. The quantitative estimate of drug-likeness (QED) is 0.687. The van der Waals surface area contributed by atoms with Crippen molar-refractivity contribution < 1.29 is 4.79 Å². The number of hydrogen-bond donors (Lipinski definition) is 0. The lowest BCUT2D eigenvalue weighted by Crippen LogP contribution is -2.15. The van der Waals surface area contributed by atoms with E-state index in [-0.39, 0.29) is 5.78 Å². The molecule has 13 heavy (non-hydrogen) atoms. The van der Waals surface area contributed by atoms with Gasteiger partial charge in [0.25, 0.3) is 0 Å². The zero-order valence-electron chi connectivity index (χ0n) is 8.20. The average molecular weight is 198 g/mol. The fraction of sp³-hybridized carbons (Fsp3) is 0.556. The van der Waals surface area contributed by atoms with Gasteiger partial charge in [-0.15, -0.1) is 11.3 Å². The summed E-state index contributed by atoms with van der Waals surface area (Å²) < 4.78 is 0. The molecule has 0 aliphatic heterocycles. The van der Waals surface area contributed by atoms with Crippen LogP contribution >= 0.6 is 11.3 Å². The number of ketones is 1. The molecule has 4 heteroatoms. The third kappa shape index (κ3) is 3.24. The number of nitrogens with zero attached hydrogens (tertiary/aromatic N) is 2. The summed E-state index contributed by atoms with van der Waals surface area (Å²) in [5.41, 5.74) is 0.596. The average Bonchev–Trinajstić information content (AvgIpc) is 2.48. The fourth-order valence-corrected chi connectivity index (χ4v) is 1.73. The van der Waals surface area contributed by atoms with Crippen LogP contribution in [0, 0.1) is 0 Å². The SMILES string of the molecule is CC(=O)c1csc(CCN(C)C)n1. The summed E-state index contributed by atoms with van der Waals surface area (Å²) in [6, 6.07) is 0. The van der Waals surface area contributed by atoms with Gasteiger partial charge in [0.05, 0.1) is 5.01 Å². The van der Waals surface area contributed by atoms with Gasteiger partial charge < -0.3 is 4.90 Å². The number of thiazole rings is 1. The molecule has 0 aliphatic carbocycles. The zero-order chi connectivity index (χ0) is 9.84. The van der Waals surface area contributed by atoms with Crippen molar-refractivity contribution in [3.8, 4) is 0 Å². The Balaban J connectivity index is 2.54. The Labute approximate surface area is 82.4 Å². The van der Waals surface area contributed by atoms with Gasteiger partial charge >= 0.3 is 0 Å². The Morgan fingerprint density at radius 2 is 2.31 bits per heavy atom. The summed E-state index contributed by atoms with van der Waals surface area (Å²) in [4.78, 5) is 17.3. The van der Waals surface area contributed by atoms with Crippen LogP contribution in [-0.4, -0.2) is 36.3 Å². The second-order valence-electron chi connectivity index (χ2n) is 3.24. The van der Waals surface area contributed by atoms with Gasteiger partial charge in [-0.2, -0.15) is 0 Å². The van der Waals surface area contributed by atoms with E-state index in [1.54, 1.807) is 18.3 Å². The van der Waals surface area contributed by atoms with Crippen LogP contribution in [0.1, 0.15) is 22.4 Å². The minimum absolute atomic E-state index is 0.0485. The van der Waals surface area contributed by atoms with E-state index in [0.29, 0.717) is 5.69 Å². The lowest BCUT2D eigenvalue weighted by molar-refractivity contribution is 0.101. The van der Waals surface area contributed by atoms with Gasteiger partial charge in [0, 0.05) is 25.3 Å². The molecule has 1 aromatic heterocycles. The minimum Gasteiger partial charge on any atom is -0.309 e. The molecule has 1 heterocycles. The molecule has 72 valence electrons. The molecule has 0 unspecified atom stereocenters. The normalized spacial score (nSPS) is 10.8. The number of aromatic nitrogens is 1. The molecule has 0 spiro atoms. The van der Waals surface area contributed by atoms with Crippen molar-refractivity contribution in [2.75, 3.05) is 20.6 Å². The highest BCUT2D eigenvalue weighted by Crippen LogP contribution is 2.10. The first-order valence-corrected chi connectivity index (χ1v) is 5.07. The summed E-state index contributed by atoms with van der Waals surface area (Å²) in [7, 11) is 4.05. The Kier molecular flexibility index (Phi) is 3.57. The van der Waals surface area contributed by atoms with Gasteiger partial charge in [-0.1, -0.05) is 0 Å². The van der Waals surface area contributed by atoms with Gasteiger partial charge in [-0.05, 0) is 14.1 Å². The molecule has 0 saturated carbocycles. The van der Waals surface area contributed by atoms with E-state index in [9.17, 15) is 4.79 Å². The number of likely N-dealkylation sites (N-methyl/N-ethyl adjacent to an activating group) is 1. The summed E-state index contributed by atoms with van der Waals surface area (Å²) in [6.07, 6.45) is 0.922. The van der Waals surface area contributed by atoms with Crippen LogP contribution < -0.4 is 0 Å². The van der Waals surface area contributed by atoms with E-state index in [1.807, 2.05) is 19.5 Å². The maximum absolute atomic E-state index is 10.9. The highest BCUT2D eigenvalue weighted by Gasteiger charge is 2.05. The summed E-state index contributed by atoms with van der Waals surface area (Å²) in [6.45, 7) is 2.52. The van der Waals surface area contributed by atoms with E-state index >= 15 is 0 Å². The molecule has 0 atom stereocenters. The van der Waals surface area contributed by atoms with Crippen molar-refractivity contribution in [2.24, 2.45) is 0 Å². The van der Waals surface area contributed by atoms with Crippen LogP contribution in [0.4, 0.5) is 0 Å². The van der Waals surface area contributed by atoms with Crippen molar-refractivity contribution in [2.45, 2.75) is 13.3 Å². The molecule has 0 saturated heterocycles. The lowest BCUT2D eigenvalue weighted by Gasteiger charge is -2.06. The summed E-state index contributed by atoms with van der Waals surface area (Å²) >= 11 is 1.56. The van der Waals surface area contributed by atoms with Crippen LogP contribution in [0.2, 0.25) is 0 Å². The van der Waals surface area contributed by atoms with Crippen molar-refractivity contribution in [1.82, 2.24) is 9.88 Å². The third-order valence-corrected chi connectivity index (χ3v) is 2.59. The summed E-state index contributed by atoms with van der Waals surface area (Å²) in [5, 5.41) is 2.87. The van der Waals surface area contributed by atoms with Gasteiger partial charge in [0.15, 0.2) is 5.78 Å². The molecule has 0 fully saturated rings. The maximum atomic E-state index is 10.9. The molecule has 0 bridgehead atoms. The van der Waals surface area contributed by atoms with Crippen LogP contribution in [0.5, 0.6) is 0 Å². The summed E-state index contributed by atoms with van der Waals surface area (Å²) in [5.74, 6) is 0.0485. The number of hydrogen-bond acceptors (Lipinski definition) is 4. The highest BCUT2D eigenvalue weighted by atomic mass is 32.1. The van der Waals surface area contributed by atoms with Gasteiger partial charge in [-0.25, -0.2) is 4.98 Å². The van der Waals surface area contributed by atoms with E-state index in [4.69, 9.17) is 0 Å². The maximum Gasteiger partial charge on any atom is 0.178 e. The standard InChI is InChI=1S/C9H14N2OS/c1-7(12)8-6-13-9(10-8)4-5-11(2)3/h6H,4-5H2,1-3H3. The number of Topliss-reactive ketones (excluding diaryl/α,β-unsaturated/α-hetero) is 1. The van der Waals surface area contributed by atoms with Crippen molar-refractivity contribution in [1.29, 1.82) is 0 Å². The monoisotopic (exact) mass is 198 g/mol. The van der Waals surface area contributed by atoms with Gasteiger partial charge in [0.2, 0.25) is 0 Å². The van der Waals surface area contributed by atoms with Crippen molar-refractivity contribution in [3.05, 3.63) is 16.1 Å². The van der Waals surface area contributed by atoms with Gasteiger partial charge in [-0.3, -0.25) is 4.79 Å². The number of carbonyl (C=O) groups is 1.